The van der Waals surface area contributed by atoms with E-state index in [0.29, 0.717) is 6.04 Å². The van der Waals surface area contributed by atoms with Crippen molar-refractivity contribution in [1.29, 1.82) is 0 Å². The third-order valence-corrected chi connectivity index (χ3v) is 6.10. The van der Waals surface area contributed by atoms with Gasteiger partial charge in [-0.25, -0.2) is 0 Å². The molecule has 1 aliphatic carbocycles. The molecule has 3 heteroatoms. The number of hydrogen-bond donors (Lipinski definition) is 1. The first kappa shape index (κ1) is 20.9. The first-order valence-electron chi connectivity index (χ1n) is 10.9. The quantitative estimate of drug-likeness (QED) is 0.602. The average Bonchev–Trinajstić information content (AvgIpc) is 2.69. The Kier molecular flexibility index (Phi) is 8.35. The molecule has 150 valence electrons. The van der Waals surface area contributed by atoms with Gasteiger partial charge in [0.2, 0.25) is 0 Å². The van der Waals surface area contributed by atoms with Gasteiger partial charge in [0, 0.05) is 19.1 Å². The van der Waals surface area contributed by atoms with Gasteiger partial charge in [0.05, 0.1) is 0 Å². The second-order valence-corrected chi connectivity index (χ2v) is 8.52. The van der Waals surface area contributed by atoms with Crippen molar-refractivity contribution in [2.45, 2.75) is 70.9 Å². The second-order valence-electron chi connectivity index (χ2n) is 8.13. The monoisotopic (exact) mass is 394 g/mol. The molecule has 0 atom stereocenters. The molecule has 0 amide bonds. The summed E-state index contributed by atoms with van der Waals surface area (Å²) in [6.07, 6.45) is 10.3. The number of benzene rings is 2. The van der Waals surface area contributed by atoms with Crippen molar-refractivity contribution in [1.82, 2.24) is 10.2 Å². The predicted molar refractivity (Wildman–Crippen MR) is 124 cm³/mol. The molecule has 1 fully saturated rings. The number of nitrogens with one attached hydrogen (secondary N) is 1. The number of hydrogen-bond acceptors (Lipinski definition) is 1. The summed E-state index contributed by atoms with van der Waals surface area (Å²) in [6.45, 7) is 3.94. The first-order chi connectivity index (χ1) is 13.7. The molecule has 3 rings (SSSR count). The Labute approximate surface area is 176 Å². The van der Waals surface area contributed by atoms with Crippen molar-refractivity contribution in [2.24, 2.45) is 0 Å². The Bertz CT molecular complexity index is 703. The third-order valence-electron chi connectivity index (χ3n) is 5.73. The Balaban J connectivity index is 1.64. The van der Waals surface area contributed by atoms with Crippen LogP contribution in [-0.2, 0) is 13.0 Å². The maximum atomic E-state index is 5.89. The largest absolute Gasteiger partial charge is 0.360 e. The predicted octanol–water partition coefficient (Wildman–Crippen LogP) is 6.03. The first-order valence-corrected chi connectivity index (χ1v) is 11.3. The van der Waals surface area contributed by atoms with Crippen LogP contribution in [0.2, 0.25) is 0 Å². The molecule has 0 saturated heterocycles. The fraction of sp³-hybridized carbons (Fsp3) is 0.480. The molecule has 0 spiro atoms. The lowest BCUT2D eigenvalue weighted by molar-refractivity contribution is 0.377. The SMILES string of the molecule is Cc1ccc(CN(CCc2ccccc2)C(=S)NC2CCCCCCC2)cc1. The van der Waals surface area contributed by atoms with Crippen LogP contribution in [0.25, 0.3) is 0 Å². The Morgan fingerprint density at radius 1 is 0.893 bits per heavy atom. The normalized spacial score (nSPS) is 15.5. The van der Waals surface area contributed by atoms with Gasteiger partial charge in [0.15, 0.2) is 5.11 Å². The van der Waals surface area contributed by atoms with Crippen LogP contribution in [0, 0.1) is 6.92 Å². The van der Waals surface area contributed by atoms with E-state index < -0.39 is 0 Å². The number of rotatable bonds is 6. The minimum atomic E-state index is 0.532. The van der Waals surface area contributed by atoms with Crippen LogP contribution in [0.15, 0.2) is 54.6 Å². The summed E-state index contributed by atoms with van der Waals surface area (Å²) in [4.78, 5) is 2.35. The third kappa shape index (κ3) is 6.94. The minimum absolute atomic E-state index is 0.532. The Morgan fingerprint density at radius 2 is 1.54 bits per heavy atom. The minimum Gasteiger partial charge on any atom is -0.360 e. The molecule has 1 aliphatic rings. The topological polar surface area (TPSA) is 15.3 Å². The lowest BCUT2D eigenvalue weighted by Crippen LogP contribution is -2.45. The summed E-state index contributed by atoms with van der Waals surface area (Å²) in [7, 11) is 0. The van der Waals surface area contributed by atoms with Crippen LogP contribution in [0.5, 0.6) is 0 Å². The molecule has 0 aromatic heterocycles. The van der Waals surface area contributed by atoms with Gasteiger partial charge >= 0.3 is 0 Å². The van der Waals surface area contributed by atoms with Crippen LogP contribution in [0.3, 0.4) is 0 Å². The fourth-order valence-electron chi connectivity index (χ4n) is 3.94. The molecule has 0 heterocycles. The molecule has 0 aliphatic heterocycles. The van der Waals surface area contributed by atoms with Crippen molar-refractivity contribution >= 4 is 17.3 Å². The standard InChI is InChI=1S/C25H34N2S/c1-21-14-16-23(17-15-21)20-27(19-18-22-10-6-5-7-11-22)25(28)26-24-12-8-3-2-4-9-13-24/h5-7,10-11,14-17,24H,2-4,8-9,12-13,18-20H2,1H3,(H,26,28). The molecular formula is C25H34N2S. The van der Waals surface area contributed by atoms with E-state index in [1.54, 1.807) is 0 Å². The van der Waals surface area contributed by atoms with Crippen LogP contribution < -0.4 is 5.32 Å². The van der Waals surface area contributed by atoms with Crippen LogP contribution in [-0.4, -0.2) is 22.6 Å². The van der Waals surface area contributed by atoms with Crippen LogP contribution in [0.1, 0.15) is 61.6 Å². The molecule has 0 unspecified atom stereocenters. The summed E-state index contributed by atoms with van der Waals surface area (Å²) in [6, 6.07) is 20.1. The van der Waals surface area contributed by atoms with E-state index in [4.69, 9.17) is 12.2 Å². The molecule has 2 nitrogen and oxygen atoms in total. The van der Waals surface area contributed by atoms with Crippen molar-refractivity contribution in [2.75, 3.05) is 6.54 Å². The lowest BCUT2D eigenvalue weighted by Gasteiger charge is -2.30. The summed E-state index contributed by atoms with van der Waals surface area (Å²) >= 11 is 5.89. The summed E-state index contributed by atoms with van der Waals surface area (Å²) in [5, 5.41) is 4.63. The highest BCUT2D eigenvalue weighted by Crippen LogP contribution is 2.18. The molecule has 2 aromatic rings. The maximum absolute atomic E-state index is 5.89. The summed E-state index contributed by atoms with van der Waals surface area (Å²) in [5.41, 5.74) is 3.99. The number of aryl methyl sites for hydroxylation is 1. The van der Waals surface area contributed by atoms with Gasteiger partial charge in [0.25, 0.3) is 0 Å². The van der Waals surface area contributed by atoms with E-state index in [1.165, 1.54) is 61.6 Å². The maximum Gasteiger partial charge on any atom is 0.169 e. The number of nitrogens with zero attached hydrogens (tertiary/aromatic N) is 1. The molecule has 28 heavy (non-hydrogen) atoms. The van der Waals surface area contributed by atoms with Crippen LogP contribution >= 0.6 is 12.2 Å². The highest BCUT2D eigenvalue weighted by molar-refractivity contribution is 7.80. The Morgan fingerprint density at radius 3 is 2.21 bits per heavy atom. The number of thiocarbonyl (C=S) groups is 1. The molecule has 0 radical (unpaired) electrons. The van der Waals surface area contributed by atoms with E-state index in [9.17, 15) is 0 Å². The van der Waals surface area contributed by atoms with Crippen molar-refractivity contribution in [3.63, 3.8) is 0 Å². The highest BCUT2D eigenvalue weighted by atomic mass is 32.1. The van der Waals surface area contributed by atoms with Gasteiger partial charge in [-0.1, -0.05) is 92.3 Å². The molecule has 0 bridgehead atoms. The van der Waals surface area contributed by atoms with Gasteiger partial charge in [-0.3, -0.25) is 0 Å². The van der Waals surface area contributed by atoms with E-state index in [-0.39, 0.29) is 0 Å². The zero-order valence-corrected chi connectivity index (χ0v) is 18.0. The van der Waals surface area contributed by atoms with E-state index in [0.717, 1.165) is 24.6 Å². The zero-order valence-electron chi connectivity index (χ0n) is 17.2. The molecule has 1 N–H and O–H groups in total. The average molecular weight is 395 g/mol. The van der Waals surface area contributed by atoms with E-state index >= 15 is 0 Å². The van der Waals surface area contributed by atoms with Gasteiger partial charge in [-0.15, -0.1) is 0 Å². The molecular weight excluding hydrogens is 360 g/mol. The zero-order chi connectivity index (χ0) is 19.6. The highest BCUT2D eigenvalue weighted by Gasteiger charge is 2.16. The molecule has 1 saturated carbocycles. The van der Waals surface area contributed by atoms with Gasteiger partial charge < -0.3 is 10.2 Å². The van der Waals surface area contributed by atoms with E-state index in [1.807, 2.05) is 0 Å². The second kappa shape index (κ2) is 11.2. The van der Waals surface area contributed by atoms with Crippen molar-refractivity contribution in [3.8, 4) is 0 Å². The Hall–Kier alpha value is -1.87. The van der Waals surface area contributed by atoms with Gasteiger partial charge in [0.1, 0.15) is 0 Å². The summed E-state index contributed by atoms with van der Waals surface area (Å²) in [5.74, 6) is 0. The summed E-state index contributed by atoms with van der Waals surface area (Å²) < 4.78 is 0. The fourth-order valence-corrected chi connectivity index (χ4v) is 4.26. The van der Waals surface area contributed by atoms with Gasteiger partial charge in [-0.2, -0.15) is 0 Å². The van der Waals surface area contributed by atoms with Crippen LogP contribution in [0.4, 0.5) is 0 Å². The van der Waals surface area contributed by atoms with Crippen molar-refractivity contribution in [3.05, 3.63) is 71.3 Å². The van der Waals surface area contributed by atoms with Crippen molar-refractivity contribution < 1.29 is 0 Å². The molecule has 2 aromatic carbocycles. The lowest BCUT2D eigenvalue weighted by atomic mass is 9.97. The van der Waals surface area contributed by atoms with Gasteiger partial charge in [-0.05, 0) is 49.5 Å². The smallest absolute Gasteiger partial charge is 0.169 e. The van der Waals surface area contributed by atoms with E-state index in [2.05, 4.69) is 71.7 Å².